The Morgan fingerprint density at radius 1 is 1.10 bits per heavy atom. The molecule has 0 aliphatic carbocycles. The van der Waals surface area contributed by atoms with Crippen molar-refractivity contribution < 1.29 is 13.5 Å². The minimum atomic E-state index is -3.50. The predicted octanol–water partition coefficient (Wildman–Crippen LogP) is 2.56. The van der Waals surface area contributed by atoms with Crippen molar-refractivity contribution in [2.24, 2.45) is 5.14 Å². The zero-order valence-electron chi connectivity index (χ0n) is 11.1. The number of phenolic OH excluding ortho intramolecular Hbond substituents is 1. The number of hydrogen-bond acceptors (Lipinski definition) is 4. The molecule has 0 amide bonds. The summed E-state index contributed by atoms with van der Waals surface area (Å²) in [5, 5.41) is 17.6. The summed E-state index contributed by atoms with van der Waals surface area (Å²) in [5.41, 5.74) is 2.53. The Morgan fingerprint density at radius 2 is 1.71 bits per heavy atom. The van der Waals surface area contributed by atoms with Gasteiger partial charge in [-0.05, 0) is 51.3 Å². The van der Waals surface area contributed by atoms with Crippen molar-refractivity contribution in [2.45, 2.75) is 12.3 Å². The molecule has 0 saturated heterocycles. The maximum Gasteiger partial charge on any atom is 0.213 e. The first kappa shape index (κ1) is 15.8. The van der Waals surface area contributed by atoms with Gasteiger partial charge in [-0.15, -0.1) is 0 Å². The van der Waals surface area contributed by atoms with Crippen LogP contribution in [0.5, 0.6) is 5.75 Å². The van der Waals surface area contributed by atoms with Gasteiger partial charge in [-0.3, -0.25) is 0 Å². The van der Waals surface area contributed by atoms with Crippen molar-refractivity contribution in [3.8, 4) is 5.75 Å². The van der Waals surface area contributed by atoms with E-state index in [0.29, 0.717) is 16.6 Å². The SMILES string of the molecule is NS(=O)(=O)Cc1ccc(NCc2ccc(O)c(Br)c2)cc1. The molecule has 7 heteroatoms. The normalized spacial score (nSPS) is 11.3. The summed E-state index contributed by atoms with van der Waals surface area (Å²) < 4.78 is 22.6. The van der Waals surface area contributed by atoms with Crippen molar-refractivity contribution in [2.75, 3.05) is 5.32 Å². The van der Waals surface area contributed by atoms with Crippen LogP contribution in [-0.4, -0.2) is 13.5 Å². The first-order valence-electron chi connectivity index (χ1n) is 6.14. The van der Waals surface area contributed by atoms with E-state index in [1.807, 2.05) is 12.1 Å². The Morgan fingerprint density at radius 3 is 2.29 bits per heavy atom. The van der Waals surface area contributed by atoms with E-state index in [4.69, 9.17) is 5.14 Å². The zero-order valence-corrected chi connectivity index (χ0v) is 13.5. The van der Waals surface area contributed by atoms with Gasteiger partial charge in [0.05, 0.1) is 10.2 Å². The van der Waals surface area contributed by atoms with E-state index in [0.717, 1.165) is 11.3 Å². The second-order valence-corrected chi connectivity index (χ2v) is 7.11. The molecule has 0 atom stereocenters. The molecule has 0 radical (unpaired) electrons. The smallest absolute Gasteiger partial charge is 0.213 e. The van der Waals surface area contributed by atoms with Crippen LogP contribution in [0.3, 0.4) is 0 Å². The molecule has 0 saturated carbocycles. The summed E-state index contributed by atoms with van der Waals surface area (Å²) in [5.74, 6) is 0.0316. The van der Waals surface area contributed by atoms with E-state index in [-0.39, 0.29) is 11.5 Å². The summed E-state index contributed by atoms with van der Waals surface area (Å²) in [6.07, 6.45) is 0. The van der Waals surface area contributed by atoms with Gasteiger partial charge >= 0.3 is 0 Å². The van der Waals surface area contributed by atoms with Gasteiger partial charge in [-0.2, -0.15) is 0 Å². The Balaban J connectivity index is 1.99. The van der Waals surface area contributed by atoms with Crippen LogP contribution < -0.4 is 10.5 Å². The summed E-state index contributed by atoms with van der Waals surface area (Å²) >= 11 is 3.26. The van der Waals surface area contributed by atoms with Gasteiger partial charge in [-0.1, -0.05) is 18.2 Å². The van der Waals surface area contributed by atoms with E-state index >= 15 is 0 Å². The zero-order chi connectivity index (χ0) is 15.5. The first-order chi connectivity index (χ1) is 9.83. The lowest BCUT2D eigenvalue weighted by atomic mass is 10.2. The van der Waals surface area contributed by atoms with Gasteiger partial charge in [0.15, 0.2) is 0 Å². The number of benzene rings is 2. The fraction of sp³-hybridized carbons (Fsp3) is 0.143. The minimum Gasteiger partial charge on any atom is -0.507 e. The molecule has 0 spiro atoms. The molecule has 2 aromatic rings. The third-order valence-corrected chi connectivity index (χ3v) is 4.20. The highest BCUT2D eigenvalue weighted by atomic mass is 79.9. The topological polar surface area (TPSA) is 92.4 Å². The number of halogens is 1. The third kappa shape index (κ3) is 5.04. The average Bonchev–Trinajstić information content (AvgIpc) is 2.40. The molecule has 4 N–H and O–H groups in total. The van der Waals surface area contributed by atoms with E-state index in [9.17, 15) is 13.5 Å². The molecular weight excluding hydrogens is 356 g/mol. The quantitative estimate of drug-likeness (QED) is 0.753. The van der Waals surface area contributed by atoms with Crippen LogP contribution in [0, 0.1) is 0 Å². The average molecular weight is 371 g/mol. The van der Waals surface area contributed by atoms with Gasteiger partial charge in [-0.25, -0.2) is 13.6 Å². The maximum atomic E-state index is 11.0. The van der Waals surface area contributed by atoms with Gasteiger partial charge in [0.1, 0.15) is 5.75 Å². The predicted molar refractivity (Wildman–Crippen MR) is 86.4 cm³/mol. The third-order valence-electron chi connectivity index (χ3n) is 2.83. The first-order valence-corrected chi connectivity index (χ1v) is 8.65. The van der Waals surface area contributed by atoms with Gasteiger partial charge < -0.3 is 10.4 Å². The van der Waals surface area contributed by atoms with Crippen LogP contribution in [0.25, 0.3) is 0 Å². The lowest BCUT2D eigenvalue weighted by Gasteiger charge is -2.08. The number of primary sulfonamides is 1. The molecule has 0 aromatic heterocycles. The molecule has 0 aliphatic rings. The molecule has 0 bridgehead atoms. The summed E-state index contributed by atoms with van der Waals surface area (Å²) in [7, 11) is -3.50. The van der Waals surface area contributed by atoms with Gasteiger partial charge in [0.2, 0.25) is 10.0 Å². The van der Waals surface area contributed by atoms with Crippen molar-refractivity contribution >= 4 is 31.6 Å². The highest BCUT2D eigenvalue weighted by molar-refractivity contribution is 9.10. The largest absolute Gasteiger partial charge is 0.507 e. The number of nitrogens with one attached hydrogen (secondary N) is 1. The lowest BCUT2D eigenvalue weighted by molar-refractivity contribution is 0.471. The molecule has 2 aromatic carbocycles. The van der Waals surface area contributed by atoms with Crippen molar-refractivity contribution in [1.82, 2.24) is 0 Å². The molecule has 5 nitrogen and oxygen atoms in total. The van der Waals surface area contributed by atoms with Crippen LogP contribution >= 0.6 is 15.9 Å². The number of aromatic hydroxyl groups is 1. The van der Waals surface area contributed by atoms with Crippen molar-refractivity contribution in [1.29, 1.82) is 0 Å². The van der Waals surface area contributed by atoms with Gasteiger partial charge in [0.25, 0.3) is 0 Å². The Labute approximate surface area is 132 Å². The van der Waals surface area contributed by atoms with Crippen LogP contribution in [0.15, 0.2) is 46.9 Å². The van der Waals surface area contributed by atoms with Crippen LogP contribution in [0.4, 0.5) is 5.69 Å². The summed E-state index contributed by atoms with van der Waals surface area (Å²) in [4.78, 5) is 0. The fourth-order valence-electron chi connectivity index (χ4n) is 1.82. The van der Waals surface area contributed by atoms with Crippen molar-refractivity contribution in [3.63, 3.8) is 0 Å². The van der Waals surface area contributed by atoms with Crippen LogP contribution in [0.1, 0.15) is 11.1 Å². The highest BCUT2D eigenvalue weighted by Crippen LogP contribution is 2.24. The molecule has 0 heterocycles. The monoisotopic (exact) mass is 370 g/mol. The highest BCUT2D eigenvalue weighted by Gasteiger charge is 2.05. The van der Waals surface area contributed by atoms with Crippen molar-refractivity contribution in [3.05, 3.63) is 58.1 Å². The number of nitrogens with two attached hydrogens (primary N) is 1. The second kappa shape index (κ2) is 6.46. The van der Waals surface area contributed by atoms with Crippen LogP contribution in [0.2, 0.25) is 0 Å². The maximum absolute atomic E-state index is 11.0. The lowest BCUT2D eigenvalue weighted by Crippen LogP contribution is -2.14. The number of hydrogen-bond donors (Lipinski definition) is 3. The molecule has 0 fully saturated rings. The molecule has 112 valence electrons. The number of anilines is 1. The van der Waals surface area contributed by atoms with E-state index < -0.39 is 10.0 Å². The minimum absolute atomic E-state index is 0.168. The van der Waals surface area contributed by atoms with Gasteiger partial charge in [0, 0.05) is 12.2 Å². The molecule has 0 unspecified atom stereocenters. The van der Waals surface area contributed by atoms with E-state index in [1.165, 1.54) is 0 Å². The molecule has 2 rings (SSSR count). The Bertz CT molecular complexity index is 730. The summed E-state index contributed by atoms with van der Waals surface area (Å²) in [6, 6.07) is 12.3. The number of rotatable bonds is 5. The standard InChI is InChI=1S/C14H15BrN2O3S/c15-13-7-11(3-6-14(13)18)8-17-12-4-1-10(2-5-12)9-21(16,19)20/h1-7,17-18H,8-9H2,(H2,16,19,20). The summed E-state index contributed by atoms with van der Waals surface area (Å²) in [6.45, 7) is 0.591. The molecular formula is C14H15BrN2O3S. The Hall–Kier alpha value is -1.57. The van der Waals surface area contributed by atoms with E-state index in [1.54, 1.807) is 30.3 Å². The molecule has 21 heavy (non-hydrogen) atoms. The number of sulfonamides is 1. The molecule has 0 aliphatic heterocycles. The van der Waals surface area contributed by atoms with Crippen LogP contribution in [-0.2, 0) is 22.3 Å². The fourth-order valence-corrected chi connectivity index (χ4v) is 2.90. The van der Waals surface area contributed by atoms with E-state index in [2.05, 4.69) is 21.2 Å². The number of phenols is 1. The Kier molecular flexibility index (Phi) is 4.87. The second-order valence-electron chi connectivity index (χ2n) is 4.64.